The molecule has 1 aliphatic rings. The van der Waals surface area contributed by atoms with Gasteiger partial charge in [-0.05, 0) is 61.5 Å². The Morgan fingerprint density at radius 1 is 0.796 bits per heavy atom. The van der Waals surface area contributed by atoms with Crippen molar-refractivity contribution in [3.8, 4) is 28.2 Å². The molecule has 5 aromatic rings. The molecule has 0 spiro atoms. The lowest BCUT2D eigenvalue weighted by molar-refractivity contribution is -0.193. The molecule has 2 aromatic heterocycles. The van der Waals surface area contributed by atoms with Crippen LogP contribution in [0.15, 0.2) is 77.6 Å². The Kier molecular flexibility index (Phi) is 10.7. The van der Waals surface area contributed by atoms with E-state index >= 15 is 0 Å². The highest BCUT2D eigenvalue weighted by molar-refractivity contribution is 6.41. The molecule has 0 radical (unpaired) electrons. The van der Waals surface area contributed by atoms with Crippen LogP contribution in [0.1, 0.15) is 27.3 Å². The van der Waals surface area contributed by atoms with Gasteiger partial charge in [0.25, 0.3) is 5.91 Å². The number of halogens is 9. The predicted molar refractivity (Wildman–Crippen MR) is 174 cm³/mol. The largest absolute Gasteiger partial charge is 0.458 e. The molecule has 0 atom stereocenters. The Bertz CT molecular complexity index is 2230. The van der Waals surface area contributed by atoms with E-state index in [0.717, 1.165) is 27.9 Å². The molecular formula is C34H26F9N7O4. The number of rotatable bonds is 7. The van der Waals surface area contributed by atoms with Gasteiger partial charge in [0.1, 0.15) is 5.69 Å². The monoisotopic (exact) mass is 767 g/mol. The average molecular weight is 768 g/mol. The zero-order chi connectivity index (χ0) is 39.7. The summed E-state index contributed by atoms with van der Waals surface area (Å²) in [7, 11) is 4.00. The number of fused-ring (bicyclic) bond motifs is 1. The number of carbonyl (C=O) groups is 3. The van der Waals surface area contributed by atoms with Crippen LogP contribution in [0.3, 0.4) is 0 Å². The molecule has 6 rings (SSSR count). The van der Waals surface area contributed by atoms with Gasteiger partial charge >= 0.3 is 35.8 Å². The molecule has 0 unspecified atom stereocenters. The summed E-state index contributed by atoms with van der Waals surface area (Å²) >= 11 is 0. The lowest BCUT2D eigenvalue weighted by atomic mass is 9.98. The van der Waals surface area contributed by atoms with E-state index in [1.165, 1.54) is 11.0 Å². The molecule has 284 valence electrons. The van der Waals surface area contributed by atoms with Crippen LogP contribution in [-0.4, -0.2) is 80.3 Å². The van der Waals surface area contributed by atoms with Crippen LogP contribution in [0, 0.1) is 0 Å². The SMILES string of the molecule is CN(C)Cc1ccccc1-c1ccc(N2CCc3c(C(F)(F)F)nn(-c4cccc(-c5n[nH]c(=O)[nH]5)c4)c3C2=O)cc1.O=C(C(=O)C(F)(F)F)C(F)(F)F. The number of amides is 1. The molecule has 2 N–H and O–H groups in total. The van der Waals surface area contributed by atoms with Crippen LogP contribution < -0.4 is 10.6 Å². The first-order valence-corrected chi connectivity index (χ1v) is 15.5. The standard InChI is InChI=1S/C30H26F3N7O2.C4F6O2/c1-38(2)17-20-6-3-4-9-23(20)18-10-12-21(13-11-18)39-15-14-24-25(28(39)41)40(37-26(24)30(31,32)33)22-8-5-7-19(16-22)27-34-29(42)36-35-27;5-3(6,7)1(11)2(12)4(8,9)10/h3-13,16H,14-15,17H2,1-2H3,(H2,34,35,36,42);. The van der Waals surface area contributed by atoms with Crippen LogP contribution >= 0.6 is 0 Å². The number of alkyl halides is 9. The molecule has 11 nitrogen and oxygen atoms in total. The van der Waals surface area contributed by atoms with E-state index < -0.39 is 47.4 Å². The van der Waals surface area contributed by atoms with Crippen molar-refractivity contribution in [3.05, 3.63) is 106 Å². The maximum atomic E-state index is 14.1. The Hall–Kier alpha value is -6.05. The Balaban J connectivity index is 0.000000404. The van der Waals surface area contributed by atoms with Crippen molar-refractivity contribution in [2.24, 2.45) is 0 Å². The van der Waals surface area contributed by atoms with E-state index in [0.29, 0.717) is 11.3 Å². The Morgan fingerprint density at radius 2 is 1.43 bits per heavy atom. The third-order valence-electron chi connectivity index (χ3n) is 7.87. The number of benzene rings is 3. The first kappa shape index (κ1) is 39.2. The lowest BCUT2D eigenvalue weighted by Gasteiger charge is -2.28. The maximum Gasteiger partial charge on any atom is 0.458 e. The number of aromatic nitrogens is 5. The molecule has 1 amide bonds. The van der Waals surface area contributed by atoms with Crippen LogP contribution in [-0.2, 0) is 28.7 Å². The number of nitrogens with zero attached hydrogens (tertiary/aromatic N) is 5. The summed E-state index contributed by atoms with van der Waals surface area (Å²) in [6, 6.07) is 21.8. The van der Waals surface area contributed by atoms with E-state index in [2.05, 4.69) is 31.2 Å². The van der Waals surface area contributed by atoms with Gasteiger partial charge < -0.3 is 9.80 Å². The highest BCUT2D eigenvalue weighted by atomic mass is 19.4. The normalized spacial score (nSPS) is 13.4. The van der Waals surface area contributed by atoms with E-state index in [-0.39, 0.29) is 35.7 Å². The fourth-order valence-electron chi connectivity index (χ4n) is 5.57. The van der Waals surface area contributed by atoms with Gasteiger partial charge in [-0.1, -0.05) is 48.5 Å². The number of H-pyrrole nitrogens is 2. The zero-order valence-electron chi connectivity index (χ0n) is 27.8. The number of Topliss-reactive ketones (excluding diaryl/α,β-unsaturated/α-hetero) is 2. The smallest absolute Gasteiger partial charge is 0.307 e. The minimum absolute atomic E-state index is 0.0181. The van der Waals surface area contributed by atoms with Crippen LogP contribution in [0.25, 0.3) is 28.2 Å². The molecule has 0 saturated heterocycles. The minimum atomic E-state index is -5.77. The highest BCUT2D eigenvalue weighted by Gasteiger charge is 2.54. The van der Waals surface area contributed by atoms with Gasteiger partial charge in [-0.3, -0.25) is 19.4 Å². The number of aromatic amines is 2. The number of carbonyl (C=O) groups excluding carboxylic acids is 3. The Labute approximate surface area is 298 Å². The average Bonchev–Trinajstić information content (AvgIpc) is 3.72. The predicted octanol–water partition coefficient (Wildman–Crippen LogP) is 6.15. The summed E-state index contributed by atoms with van der Waals surface area (Å²) in [6.07, 6.45) is -16.3. The second-order valence-corrected chi connectivity index (χ2v) is 12.0. The van der Waals surface area contributed by atoms with E-state index in [9.17, 15) is 58.7 Å². The number of nitrogens with one attached hydrogen (secondary N) is 2. The quantitative estimate of drug-likeness (QED) is 0.150. The fourth-order valence-corrected chi connectivity index (χ4v) is 5.57. The van der Waals surface area contributed by atoms with Gasteiger partial charge in [-0.2, -0.15) is 49.7 Å². The van der Waals surface area contributed by atoms with Gasteiger partial charge in [-0.25, -0.2) is 14.6 Å². The van der Waals surface area contributed by atoms with Gasteiger partial charge in [0.2, 0.25) is 0 Å². The van der Waals surface area contributed by atoms with Crippen molar-refractivity contribution >= 4 is 23.2 Å². The highest BCUT2D eigenvalue weighted by Crippen LogP contribution is 2.38. The van der Waals surface area contributed by atoms with Gasteiger partial charge in [0, 0.05) is 29.9 Å². The minimum Gasteiger partial charge on any atom is -0.307 e. The molecule has 1 aliphatic heterocycles. The summed E-state index contributed by atoms with van der Waals surface area (Å²) < 4.78 is 110. The van der Waals surface area contributed by atoms with Gasteiger partial charge in [0.05, 0.1) is 5.69 Å². The van der Waals surface area contributed by atoms with Crippen LogP contribution in [0.5, 0.6) is 0 Å². The molecule has 0 bridgehead atoms. The number of hydrogen-bond donors (Lipinski definition) is 2. The van der Waals surface area contributed by atoms with Crippen LogP contribution in [0.2, 0.25) is 0 Å². The first-order chi connectivity index (χ1) is 25.2. The van der Waals surface area contributed by atoms with E-state index in [1.807, 2.05) is 56.6 Å². The van der Waals surface area contributed by atoms with E-state index in [1.54, 1.807) is 18.2 Å². The fraction of sp³-hybridized carbons (Fsp3) is 0.235. The molecular weight excluding hydrogens is 741 g/mol. The summed E-state index contributed by atoms with van der Waals surface area (Å²) in [5.74, 6) is -7.19. The zero-order valence-corrected chi connectivity index (χ0v) is 27.8. The summed E-state index contributed by atoms with van der Waals surface area (Å²) in [4.78, 5) is 50.7. The Morgan fingerprint density at radius 3 is 1.98 bits per heavy atom. The molecule has 3 heterocycles. The maximum absolute atomic E-state index is 14.1. The number of ketones is 2. The van der Waals surface area contributed by atoms with Crippen molar-refractivity contribution in [2.45, 2.75) is 31.5 Å². The van der Waals surface area contributed by atoms with Crippen molar-refractivity contribution in [2.75, 3.05) is 25.5 Å². The second-order valence-electron chi connectivity index (χ2n) is 12.0. The molecule has 3 aromatic carbocycles. The molecule has 20 heteroatoms. The molecule has 54 heavy (non-hydrogen) atoms. The summed E-state index contributed by atoms with van der Waals surface area (Å²) in [5.41, 5.74) is 2.52. The molecule has 0 saturated carbocycles. The third-order valence-corrected chi connectivity index (χ3v) is 7.87. The van der Waals surface area contributed by atoms with Crippen molar-refractivity contribution < 1.29 is 53.9 Å². The number of anilines is 1. The van der Waals surface area contributed by atoms with Crippen molar-refractivity contribution in [3.63, 3.8) is 0 Å². The first-order valence-electron chi connectivity index (χ1n) is 15.5. The molecule has 0 fully saturated rings. The van der Waals surface area contributed by atoms with Crippen molar-refractivity contribution in [1.29, 1.82) is 0 Å². The van der Waals surface area contributed by atoms with E-state index in [4.69, 9.17) is 0 Å². The molecule has 0 aliphatic carbocycles. The lowest BCUT2D eigenvalue weighted by Crippen LogP contribution is -2.39. The van der Waals surface area contributed by atoms with Gasteiger partial charge in [0.15, 0.2) is 11.5 Å². The number of hydrogen-bond acceptors (Lipinski definition) is 7. The summed E-state index contributed by atoms with van der Waals surface area (Å²) in [6.45, 7) is 0.833. The van der Waals surface area contributed by atoms with Crippen LogP contribution in [0.4, 0.5) is 45.2 Å². The van der Waals surface area contributed by atoms with Crippen molar-refractivity contribution in [1.82, 2.24) is 29.9 Å². The topological polar surface area (TPSA) is 137 Å². The summed E-state index contributed by atoms with van der Waals surface area (Å²) in [5, 5.41) is 10.0. The third kappa shape index (κ3) is 8.43. The second kappa shape index (κ2) is 14.8. The van der Waals surface area contributed by atoms with Gasteiger partial charge in [-0.15, -0.1) is 0 Å².